The molecule has 2 N–H and O–H groups in total. The normalized spacial score (nSPS) is 11.4. The molecule has 0 aromatic carbocycles. The fourth-order valence-corrected chi connectivity index (χ4v) is 0. The molecule has 0 saturated carbocycles. The van der Waals surface area contributed by atoms with Gasteiger partial charge in [-0.25, -0.2) is 0 Å². The van der Waals surface area contributed by atoms with Gasteiger partial charge in [0.2, 0.25) is 0 Å². The zero-order chi connectivity index (χ0) is 6.08. The van der Waals surface area contributed by atoms with Gasteiger partial charge in [0.1, 0.15) is 0 Å². The summed E-state index contributed by atoms with van der Waals surface area (Å²) in [5.74, 6) is -0.257. The van der Waals surface area contributed by atoms with Crippen LogP contribution in [-0.4, -0.2) is 23.6 Å². The number of rotatable bonds is 1. The van der Waals surface area contributed by atoms with Gasteiger partial charge in [0.05, 0.1) is 0 Å². The quantitative estimate of drug-likeness (QED) is 0.449. The van der Waals surface area contributed by atoms with E-state index in [1.165, 1.54) is 0 Å². The Balaban J connectivity index is 3.79. The maximum atomic E-state index is 10.2. The van der Waals surface area contributed by atoms with Crippen LogP contribution in [0.1, 0.15) is 13.8 Å². The van der Waals surface area contributed by atoms with Crippen molar-refractivity contribution in [2.75, 3.05) is 0 Å². The minimum atomic E-state index is -0.361. The van der Waals surface area contributed by atoms with Crippen molar-refractivity contribution in [3.63, 3.8) is 0 Å². The van der Waals surface area contributed by atoms with Crippen LogP contribution in [0.5, 0.6) is 0 Å². The SMILES string of the molecule is [Li][C](C)(C)C(N)=O. The van der Waals surface area contributed by atoms with Gasteiger partial charge in [0.25, 0.3) is 0 Å². The second-order valence-electron chi connectivity index (χ2n) is 2.61. The van der Waals surface area contributed by atoms with Crippen molar-refractivity contribution in [3.05, 3.63) is 0 Å². The Morgan fingerprint density at radius 3 is 1.86 bits per heavy atom. The Hall–Kier alpha value is 0.0674. The van der Waals surface area contributed by atoms with E-state index in [0.29, 0.717) is 0 Å². The molecular formula is C4H8LiNO. The standard InChI is InChI=1S/C4H8NO.Li/c1-3(2)4(5)6;/h1-2H3,(H2,5,6);. The molecule has 0 rings (SSSR count). The molecule has 0 aliphatic rings. The van der Waals surface area contributed by atoms with Crippen LogP contribution in [0.2, 0.25) is 4.09 Å². The Labute approximate surface area is 52.7 Å². The van der Waals surface area contributed by atoms with Crippen LogP contribution in [0.3, 0.4) is 0 Å². The average Bonchev–Trinajstić information content (AvgIpc) is 1.31. The van der Waals surface area contributed by atoms with Crippen LogP contribution >= 0.6 is 0 Å². The zero-order valence-electron chi connectivity index (χ0n) is 4.99. The molecule has 0 aliphatic carbocycles. The van der Waals surface area contributed by atoms with Crippen molar-refractivity contribution in [2.24, 2.45) is 5.73 Å². The second-order valence-corrected chi connectivity index (χ2v) is 2.61. The van der Waals surface area contributed by atoms with Gasteiger partial charge in [-0.1, -0.05) is 0 Å². The first kappa shape index (κ1) is 7.07. The van der Waals surface area contributed by atoms with E-state index in [1.807, 2.05) is 0 Å². The van der Waals surface area contributed by atoms with Gasteiger partial charge < -0.3 is 0 Å². The van der Waals surface area contributed by atoms with Gasteiger partial charge in [0, 0.05) is 0 Å². The molecule has 3 heteroatoms. The molecule has 0 atom stereocenters. The van der Waals surface area contributed by atoms with Crippen LogP contribution in [0.4, 0.5) is 0 Å². The van der Waals surface area contributed by atoms with E-state index in [-0.39, 0.29) is 10.00 Å². The Morgan fingerprint density at radius 2 is 1.86 bits per heavy atom. The van der Waals surface area contributed by atoms with E-state index in [0.717, 1.165) is 0 Å². The summed E-state index contributed by atoms with van der Waals surface area (Å²) in [5.41, 5.74) is 4.93. The Kier molecular flexibility index (Phi) is 1.91. The molecular weight excluding hydrogens is 85.0 g/mol. The molecule has 7 heavy (non-hydrogen) atoms. The number of amides is 1. The molecule has 0 aliphatic heterocycles. The van der Waals surface area contributed by atoms with Crippen molar-refractivity contribution in [3.8, 4) is 0 Å². The number of hydrogen-bond acceptors (Lipinski definition) is 1. The fraction of sp³-hybridized carbons (Fsp3) is 0.750. The van der Waals surface area contributed by atoms with Crippen LogP contribution in [0.15, 0.2) is 0 Å². The molecule has 0 radical (unpaired) electrons. The predicted octanol–water partition coefficient (Wildman–Crippen LogP) is -0.161. The predicted molar refractivity (Wildman–Crippen MR) is 29.0 cm³/mol. The van der Waals surface area contributed by atoms with Crippen LogP contribution in [0, 0.1) is 0 Å². The van der Waals surface area contributed by atoms with E-state index in [1.54, 1.807) is 31.6 Å². The van der Waals surface area contributed by atoms with Crippen LogP contribution in [-0.2, 0) is 4.79 Å². The third-order valence-electron chi connectivity index (χ3n) is 0.739. The molecule has 36 valence electrons. The van der Waals surface area contributed by atoms with E-state index in [4.69, 9.17) is 5.73 Å². The van der Waals surface area contributed by atoms with E-state index in [2.05, 4.69) is 0 Å². The molecule has 0 unspecified atom stereocenters. The minimum absolute atomic E-state index is 0.257. The third kappa shape index (κ3) is 2.73. The summed E-state index contributed by atoms with van der Waals surface area (Å²) in [6.07, 6.45) is 0. The first-order chi connectivity index (χ1) is 2.94. The summed E-state index contributed by atoms with van der Waals surface area (Å²) in [7, 11) is 0. The van der Waals surface area contributed by atoms with Crippen LogP contribution in [0.25, 0.3) is 0 Å². The number of nitrogens with two attached hydrogens (primary N) is 1. The summed E-state index contributed by atoms with van der Waals surface area (Å²) in [4.78, 5) is 10.2. The van der Waals surface area contributed by atoms with Crippen molar-refractivity contribution in [1.82, 2.24) is 0 Å². The second kappa shape index (κ2) is 1.89. The summed E-state index contributed by atoms with van der Waals surface area (Å²) in [6.45, 7) is 3.57. The molecule has 1 amide bonds. The molecule has 0 aromatic heterocycles. The van der Waals surface area contributed by atoms with E-state index in [9.17, 15) is 4.79 Å². The molecule has 0 bridgehead atoms. The van der Waals surface area contributed by atoms with Gasteiger partial charge in [-0.05, 0) is 0 Å². The third-order valence-corrected chi connectivity index (χ3v) is 0.739. The molecule has 2 nitrogen and oxygen atoms in total. The fourth-order valence-electron chi connectivity index (χ4n) is 0. The summed E-state index contributed by atoms with van der Waals surface area (Å²) in [5, 5.41) is 0. The first-order valence-electron chi connectivity index (χ1n) is 2.24. The van der Waals surface area contributed by atoms with Crippen molar-refractivity contribution < 1.29 is 4.79 Å². The Morgan fingerprint density at radius 1 is 1.71 bits per heavy atom. The molecule has 0 fully saturated rings. The van der Waals surface area contributed by atoms with Gasteiger partial charge in [-0.2, -0.15) is 0 Å². The summed E-state index contributed by atoms with van der Waals surface area (Å²) >= 11 is 1.79. The van der Waals surface area contributed by atoms with E-state index >= 15 is 0 Å². The van der Waals surface area contributed by atoms with Crippen molar-refractivity contribution in [1.29, 1.82) is 0 Å². The topological polar surface area (TPSA) is 43.1 Å². The van der Waals surface area contributed by atoms with Crippen molar-refractivity contribution in [2.45, 2.75) is 17.9 Å². The Bertz CT molecular complexity index is 84.2. The first-order valence-corrected chi connectivity index (χ1v) is 2.24. The number of hydrogen-bond donors (Lipinski definition) is 1. The number of primary amides is 1. The maximum absolute atomic E-state index is 10.2. The van der Waals surface area contributed by atoms with Crippen LogP contribution < -0.4 is 5.73 Å². The van der Waals surface area contributed by atoms with Gasteiger partial charge >= 0.3 is 52.1 Å². The summed E-state index contributed by atoms with van der Waals surface area (Å²) < 4.78 is -0.361. The molecule has 0 spiro atoms. The van der Waals surface area contributed by atoms with Gasteiger partial charge in [0.15, 0.2) is 0 Å². The number of carbonyl (C=O) groups is 1. The zero-order valence-corrected chi connectivity index (χ0v) is 4.99. The monoisotopic (exact) mass is 93.1 g/mol. The molecule has 0 saturated heterocycles. The molecule has 0 aromatic rings. The van der Waals surface area contributed by atoms with Gasteiger partial charge in [-0.3, -0.25) is 0 Å². The average molecular weight is 93.1 g/mol. The van der Waals surface area contributed by atoms with Crippen molar-refractivity contribution >= 4 is 23.6 Å². The number of carbonyl (C=O) groups excluding carboxylic acids is 1. The molecule has 0 heterocycles. The van der Waals surface area contributed by atoms with E-state index < -0.39 is 0 Å². The summed E-state index contributed by atoms with van der Waals surface area (Å²) in [6, 6.07) is 0. The van der Waals surface area contributed by atoms with Gasteiger partial charge in [-0.15, -0.1) is 0 Å².